The van der Waals surface area contributed by atoms with Crippen LogP contribution in [0, 0.1) is 0 Å². The highest BCUT2D eigenvalue weighted by Gasteiger charge is 2.17. The second-order valence-corrected chi connectivity index (χ2v) is 10.4. The van der Waals surface area contributed by atoms with Gasteiger partial charge in [-0.3, -0.25) is 4.79 Å². The zero-order chi connectivity index (χ0) is 23.5. The summed E-state index contributed by atoms with van der Waals surface area (Å²) in [6.07, 6.45) is 1.67. The molecule has 0 N–H and O–H groups in total. The lowest BCUT2D eigenvalue weighted by atomic mass is 10.0. The zero-order valence-electron chi connectivity index (χ0n) is 19.1. The van der Waals surface area contributed by atoms with E-state index in [1.165, 1.54) is 23.3 Å². The Bertz CT molecular complexity index is 1260. The third kappa shape index (κ3) is 5.40. The van der Waals surface area contributed by atoms with E-state index in [0.29, 0.717) is 39.9 Å². The van der Waals surface area contributed by atoms with Gasteiger partial charge in [-0.05, 0) is 41.3 Å². The summed E-state index contributed by atoms with van der Waals surface area (Å²) in [4.78, 5) is 12.1. The van der Waals surface area contributed by atoms with Crippen LogP contribution < -0.4 is 15.0 Å². The monoisotopic (exact) mass is 455 g/mol. The number of hydrogen-bond donors (Lipinski definition) is 0. The maximum absolute atomic E-state index is 12.2. The molecule has 170 valence electrons. The maximum atomic E-state index is 12.2. The van der Waals surface area contributed by atoms with Crippen LogP contribution in [0.1, 0.15) is 37.8 Å². The number of ether oxygens (including phenoxy) is 2. The fourth-order valence-electron chi connectivity index (χ4n) is 3.35. The van der Waals surface area contributed by atoms with Crippen molar-refractivity contribution in [2.45, 2.75) is 32.4 Å². The lowest BCUT2D eigenvalue weighted by Gasteiger charge is -2.17. The lowest BCUT2D eigenvalue weighted by Crippen LogP contribution is -2.15. The molecule has 1 aromatic heterocycles. The van der Waals surface area contributed by atoms with Crippen LogP contribution in [0.15, 0.2) is 59.5 Å². The number of hydrogen-bond acceptors (Lipinski definition) is 5. The molecular weight excluding hydrogens is 426 g/mol. The van der Waals surface area contributed by atoms with Gasteiger partial charge in [0.2, 0.25) is 0 Å². The Balaban J connectivity index is 2.13. The van der Waals surface area contributed by atoms with Crippen molar-refractivity contribution in [2.24, 2.45) is 7.05 Å². The predicted octanol–water partition coefficient (Wildman–Crippen LogP) is 4.91. The molecule has 0 unspecified atom stereocenters. The molecule has 32 heavy (non-hydrogen) atoms. The molecular formula is C25H29NO5S. The number of benzene rings is 2. The van der Waals surface area contributed by atoms with Gasteiger partial charge in [0, 0.05) is 36.2 Å². The van der Waals surface area contributed by atoms with Crippen molar-refractivity contribution >= 4 is 9.84 Å². The van der Waals surface area contributed by atoms with Gasteiger partial charge in [-0.1, -0.05) is 39.0 Å². The molecule has 7 heteroatoms. The fraction of sp³-hybridized carbons (Fsp3) is 0.320. The van der Waals surface area contributed by atoms with Gasteiger partial charge in [-0.15, -0.1) is 0 Å². The first-order valence-corrected chi connectivity index (χ1v) is 12.3. The fourth-order valence-corrected chi connectivity index (χ4v) is 4.25. The summed E-state index contributed by atoms with van der Waals surface area (Å²) in [5, 5.41) is 0. The Morgan fingerprint density at radius 2 is 1.66 bits per heavy atom. The molecule has 0 aliphatic carbocycles. The molecule has 0 atom stereocenters. The first kappa shape index (κ1) is 23.6. The van der Waals surface area contributed by atoms with E-state index in [9.17, 15) is 13.2 Å². The number of methoxy groups -OCH3 is 1. The van der Waals surface area contributed by atoms with Crippen molar-refractivity contribution in [3.8, 4) is 28.4 Å². The van der Waals surface area contributed by atoms with E-state index in [1.807, 2.05) is 24.3 Å². The minimum absolute atomic E-state index is 0.0615. The average molecular weight is 456 g/mol. The van der Waals surface area contributed by atoms with Gasteiger partial charge in [-0.25, -0.2) is 8.42 Å². The Morgan fingerprint density at radius 3 is 2.25 bits per heavy atom. The molecule has 0 spiro atoms. The van der Waals surface area contributed by atoms with Crippen LogP contribution in [0.4, 0.5) is 0 Å². The van der Waals surface area contributed by atoms with Crippen LogP contribution >= 0.6 is 0 Å². The summed E-state index contributed by atoms with van der Waals surface area (Å²) in [5.74, 6) is 1.99. The lowest BCUT2D eigenvalue weighted by molar-refractivity contribution is 0.414. The van der Waals surface area contributed by atoms with Crippen molar-refractivity contribution in [1.82, 2.24) is 4.57 Å². The predicted molar refractivity (Wildman–Crippen MR) is 127 cm³/mol. The normalized spacial score (nSPS) is 11.6. The number of aryl methyl sites for hydroxylation is 1. The number of sulfone groups is 1. The minimum atomic E-state index is -3.21. The second-order valence-electron chi connectivity index (χ2n) is 8.04. The Morgan fingerprint density at radius 1 is 0.969 bits per heavy atom. The summed E-state index contributed by atoms with van der Waals surface area (Å²) < 4.78 is 37.5. The first-order chi connectivity index (χ1) is 15.1. The maximum Gasteiger partial charge on any atom is 0.254 e. The number of aromatic nitrogens is 1. The van der Waals surface area contributed by atoms with E-state index < -0.39 is 9.84 Å². The third-order valence-corrected chi connectivity index (χ3v) is 7.00. The highest BCUT2D eigenvalue weighted by atomic mass is 32.2. The number of nitrogens with zero attached hydrogens (tertiary/aromatic N) is 1. The smallest absolute Gasteiger partial charge is 0.254 e. The second kappa shape index (κ2) is 9.61. The minimum Gasteiger partial charge on any atom is -0.496 e. The molecule has 1 heterocycles. The number of rotatable bonds is 8. The molecule has 0 bridgehead atoms. The van der Waals surface area contributed by atoms with E-state index in [-0.39, 0.29) is 17.1 Å². The van der Waals surface area contributed by atoms with E-state index in [4.69, 9.17) is 9.47 Å². The van der Waals surface area contributed by atoms with Crippen LogP contribution in [0.2, 0.25) is 0 Å². The van der Waals surface area contributed by atoms with Crippen LogP contribution in [-0.2, 0) is 22.6 Å². The summed E-state index contributed by atoms with van der Waals surface area (Å²) in [7, 11) is -0.0646. The molecule has 3 aromatic rings. The Labute approximate surface area is 189 Å². The molecule has 0 saturated heterocycles. The van der Waals surface area contributed by atoms with E-state index >= 15 is 0 Å². The molecule has 0 saturated carbocycles. The largest absolute Gasteiger partial charge is 0.496 e. The first-order valence-electron chi connectivity index (χ1n) is 10.5. The Hall–Kier alpha value is -3.06. The van der Waals surface area contributed by atoms with Crippen LogP contribution in [-0.4, -0.2) is 25.8 Å². The van der Waals surface area contributed by atoms with Gasteiger partial charge < -0.3 is 14.0 Å². The SMILES string of the molecule is CCS(=O)(=O)Cc1ccc(Oc2ccc(C(C)C)cc2)c(-c2cn(C)c(=O)cc2OC)c1. The van der Waals surface area contributed by atoms with Gasteiger partial charge >= 0.3 is 0 Å². The van der Waals surface area contributed by atoms with Crippen LogP contribution in [0.3, 0.4) is 0 Å². The summed E-state index contributed by atoms with van der Waals surface area (Å²) >= 11 is 0. The molecule has 6 nitrogen and oxygen atoms in total. The third-order valence-electron chi connectivity index (χ3n) is 5.35. The van der Waals surface area contributed by atoms with E-state index in [2.05, 4.69) is 13.8 Å². The van der Waals surface area contributed by atoms with E-state index in [0.717, 1.165) is 0 Å². The van der Waals surface area contributed by atoms with Gasteiger partial charge in [0.15, 0.2) is 9.84 Å². The van der Waals surface area contributed by atoms with Crippen LogP contribution in [0.25, 0.3) is 11.1 Å². The van der Waals surface area contributed by atoms with Crippen LogP contribution in [0.5, 0.6) is 17.2 Å². The standard InChI is InChI=1S/C25H29NO5S/c1-6-32(28,29)16-18-7-12-23(31-20-10-8-19(9-11-20)17(2)3)21(13-18)22-15-26(4)25(27)14-24(22)30-5/h7-15,17H,6,16H2,1-5H3. The number of pyridine rings is 1. The van der Waals surface area contributed by atoms with Crippen molar-refractivity contribution in [3.05, 3.63) is 76.2 Å². The highest BCUT2D eigenvalue weighted by molar-refractivity contribution is 7.90. The van der Waals surface area contributed by atoms with E-state index in [1.54, 1.807) is 38.4 Å². The molecule has 0 fully saturated rings. The van der Waals surface area contributed by atoms with Crippen molar-refractivity contribution < 1.29 is 17.9 Å². The molecule has 0 amide bonds. The average Bonchev–Trinajstić information content (AvgIpc) is 2.76. The molecule has 0 aliphatic heterocycles. The zero-order valence-corrected chi connectivity index (χ0v) is 19.9. The molecule has 0 radical (unpaired) electrons. The van der Waals surface area contributed by atoms with Crippen molar-refractivity contribution in [3.63, 3.8) is 0 Å². The van der Waals surface area contributed by atoms with Crippen molar-refractivity contribution in [1.29, 1.82) is 0 Å². The summed E-state index contributed by atoms with van der Waals surface area (Å²) in [6.45, 7) is 5.89. The molecule has 0 aliphatic rings. The van der Waals surface area contributed by atoms with Gasteiger partial charge in [0.25, 0.3) is 5.56 Å². The Kier molecular flexibility index (Phi) is 7.09. The quantitative estimate of drug-likeness (QED) is 0.482. The molecule has 2 aromatic carbocycles. The van der Waals surface area contributed by atoms with Crippen molar-refractivity contribution in [2.75, 3.05) is 12.9 Å². The van der Waals surface area contributed by atoms with Gasteiger partial charge in [0.05, 0.1) is 12.9 Å². The van der Waals surface area contributed by atoms with Gasteiger partial charge in [0.1, 0.15) is 17.2 Å². The summed E-state index contributed by atoms with van der Waals surface area (Å²) in [6, 6.07) is 14.6. The van der Waals surface area contributed by atoms with Gasteiger partial charge in [-0.2, -0.15) is 0 Å². The summed E-state index contributed by atoms with van der Waals surface area (Å²) in [5.41, 5.74) is 2.92. The highest BCUT2D eigenvalue weighted by Crippen LogP contribution is 2.39. The molecule has 3 rings (SSSR count). The topological polar surface area (TPSA) is 74.6 Å².